The first-order chi connectivity index (χ1) is 31.0. The fourth-order valence-corrected chi connectivity index (χ4v) is 14.3. The molecule has 2 atom stereocenters. The van der Waals surface area contributed by atoms with Crippen molar-refractivity contribution in [2.24, 2.45) is 33.2 Å². The van der Waals surface area contributed by atoms with E-state index in [0.717, 1.165) is 27.8 Å². The van der Waals surface area contributed by atoms with E-state index in [2.05, 4.69) is 0 Å². The van der Waals surface area contributed by atoms with Crippen LogP contribution in [-0.4, -0.2) is 41.9 Å². The molecule has 1 aliphatic heterocycles. The summed E-state index contributed by atoms with van der Waals surface area (Å²) in [6.45, 7) is 1.92. The molecule has 0 bridgehead atoms. The maximum absolute atomic E-state index is 7.37. The van der Waals surface area contributed by atoms with Crippen LogP contribution in [0.3, 0.4) is 0 Å². The van der Waals surface area contributed by atoms with E-state index < -0.39 is 24.6 Å². The Morgan fingerprint density at radius 1 is 0.413 bits per heavy atom. The molecular weight excluding hydrogens is 853 g/mol. The maximum atomic E-state index is 7.37. The van der Waals surface area contributed by atoms with Gasteiger partial charge in [0.2, 0.25) is 0 Å². The molecule has 0 aromatic heterocycles. The standard InChI is InChI=1S/C46H55N8O6P3/c47-31-26-36-14-4-9-21-42(36)56-53-61(57-43-22-10-5-15-37(43)27-32-48)52-63(59-45-24-12-7-17-39(45)29-34-50,60-46-25-13-8-18-40(46)30-35-51)54(55-41-19-2-1-3-20-41)62(53)58-44-23-11-6-16-38(44)28-33-49/h1-25H,26-35,47-51H2. The SMILES string of the molecule is NCCc1ccccc1ON1P(Oc2ccccc2CCN)N=P(Oc2ccccc2CCN)(Oc2ccccc2CCN)N(Oc2ccccc2)P1Oc1ccccc1CCN. The Kier molecular flexibility index (Phi) is 16.8. The average Bonchev–Trinajstić information content (AvgIpc) is 3.30. The highest BCUT2D eigenvalue weighted by Gasteiger charge is 2.58. The minimum atomic E-state index is -4.05. The van der Waals surface area contributed by atoms with Crippen molar-refractivity contribution in [1.29, 1.82) is 0 Å². The predicted molar refractivity (Wildman–Crippen MR) is 253 cm³/mol. The van der Waals surface area contributed by atoms with Crippen molar-refractivity contribution < 1.29 is 27.8 Å². The fourth-order valence-electron chi connectivity index (χ4n) is 6.67. The molecule has 6 aromatic rings. The lowest BCUT2D eigenvalue weighted by atomic mass is 10.1. The molecule has 0 amide bonds. The zero-order valence-corrected chi connectivity index (χ0v) is 37.7. The van der Waals surface area contributed by atoms with Crippen LogP contribution in [0.2, 0.25) is 0 Å². The lowest BCUT2D eigenvalue weighted by Crippen LogP contribution is -2.37. The van der Waals surface area contributed by atoms with Crippen molar-refractivity contribution in [1.82, 2.24) is 9.21 Å². The van der Waals surface area contributed by atoms with Gasteiger partial charge in [-0.25, -0.2) is 0 Å². The van der Waals surface area contributed by atoms with Crippen LogP contribution in [-0.2, 0) is 32.1 Å². The number of nitrogens with zero attached hydrogens (tertiary/aromatic N) is 3. The molecule has 63 heavy (non-hydrogen) atoms. The van der Waals surface area contributed by atoms with E-state index in [4.69, 9.17) is 61.0 Å². The van der Waals surface area contributed by atoms with Gasteiger partial charge < -0.3 is 56.4 Å². The third kappa shape index (κ3) is 11.6. The molecule has 17 heteroatoms. The zero-order valence-electron chi connectivity index (χ0n) is 35.0. The van der Waals surface area contributed by atoms with E-state index in [1.807, 2.05) is 152 Å². The summed E-state index contributed by atoms with van der Waals surface area (Å²) in [6.07, 6.45) is 2.66. The van der Waals surface area contributed by atoms with E-state index in [9.17, 15) is 0 Å². The van der Waals surface area contributed by atoms with Gasteiger partial charge in [0.05, 0.1) is 0 Å². The average molecular weight is 909 g/mol. The van der Waals surface area contributed by atoms with Crippen molar-refractivity contribution in [2.45, 2.75) is 32.1 Å². The molecule has 330 valence electrons. The van der Waals surface area contributed by atoms with Crippen LogP contribution in [0.1, 0.15) is 27.8 Å². The quantitative estimate of drug-likeness (QED) is 0.0405. The lowest BCUT2D eigenvalue weighted by molar-refractivity contribution is 0.0538. The number of rotatable bonds is 22. The largest absolute Gasteiger partial charge is 0.447 e. The van der Waals surface area contributed by atoms with Gasteiger partial charge in [-0.2, -0.15) is 0 Å². The van der Waals surface area contributed by atoms with Gasteiger partial charge in [-0.05, 0) is 135 Å². The molecule has 0 saturated heterocycles. The van der Waals surface area contributed by atoms with Gasteiger partial charge in [0.25, 0.3) is 0 Å². The lowest BCUT2D eigenvalue weighted by Gasteiger charge is -2.44. The van der Waals surface area contributed by atoms with E-state index in [-0.39, 0.29) is 0 Å². The van der Waals surface area contributed by atoms with Crippen molar-refractivity contribution in [3.8, 4) is 34.5 Å². The highest BCUT2D eigenvalue weighted by molar-refractivity contribution is 7.78. The molecule has 0 saturated carbocycles. The van der Waals surface area contributed by atoms with Crippen molar-refractivity contribution in [3.05, 3.63) is 179 Å². The van der Waals surface area contributed by atoms with Crippen LogP contribution >= 0.6 is 24.6 Å². The maximum Gasteiger partial charge on any atom is 0.447 e. The molecule has 0 spiro atoms. The first-order valence-electron chi connectivity index (χ1n) is 20.9. The number of nitrogens with two attached hydrogens (primary N) is 5. The number of hydrogen-bond donors (Lipinski definition) is 5. The Labute approximate surface area is 372 Å². The van der Waals surface area contributed by atoms with Crippen LogP contribution < -0.4 is 56.4 Å². The van der Waals surface area contributed by atoms with Gasteiger partial charge in [-0.1, -0.05) is 109 Å². The summed E-state index contributed by atoms with van der Waals surface area (Å²) in [6, 6.07) is 47.9. The molecular formula is C46H55N8O6P3. The van der Waals surface area contributed by atoms with Crippen LogP contribution in [0.4, 0.5) is 0 Å². The van der Waals surface area contributed by atoms with Gasteiger partial charge in [-0.15, -0.1) is 4.52 Å². The molecule has 14 nitrogen and oxygen atoms in total. The molecule has 0 aliphatic carbocycles. The third-order valence-corrected chi connectivity index (χ3v) is 16.5. The van der Waals surface area contributed by atoms with E-state index in [1.54, 1.807) is 9.21 Å². The first kappa shape index (κ1) is 45.9. The van der Waals surface area contributed by atoms with E-state index in [0.29, 0.717) is 99.3 Å². The normalized spacial score (nSPS) is 16.1. The minimum Gasteiger partial charge on any atom is -0.440 e. The van der Waals surface area contributed by atoms with Crippen molar-refractivity contribution in [2.75, 3.05) is 32.7 Å². The molecule has 6 aromatic carbocycles. The molecule has 2 unspecified atom stereocenters. The summed E-state index contributed by atoms with van der Waals surface area (Å²) in [5, 5.41) is 0. The fraction of sp³-hybridized carbons (Fsp3) is 0.217. The van der Waals surface area contributed by atoms with Gasteiger partial charge in [-0.3, -0.25) is 0 Å². The molecule has 1 heterocycles. The predicted octanol–water partition coefficient (Wildman–Crippen LogP) is 8.81. The summed E-state index contributed by atoms with van der Waals surface area (Å²) in [5.74, 6) is 3.10. The highest BCUT2D eigenvalue weighted by atomic mass is 31.3. The smallest absolute Gasteiger partial charge is 0.440 e. The Morgan fingerprint density at radius 3 is 1.24 bits per heavy atom. The first-order valence-corrected chi connectivity index (χ1v) is 24.7. The summed E-state index contributed by atoms with van der Waals surface area (Å²) >= 11 is 0. The van der Waals surface area contributed by atoms with Gasteiger partial charge in [0.15, 0.2) is 5.75 Å². The topological polar surface area (TPSA) is 204 Å². The highest BCUT2D eigenvalue weighted by Crippen LogP contribution is 2.78. The monoisotopic (exact) mass is 908 g/mol. The second-order valence-corrected chi connectivity index (χ2v) is 19.7. The second-order valence-electron chi connectivity index (χ2n) is 14.2. The van der Waals surface area contributed by atoms with Gasteiger partial charge >= 0.3 is 24.6 Å². The molecule has 10 N–H and O–H groups in total. The summed E-state index contributed by atoms with van der Waals surface area (Å²) in [5.41, 5.74) is 35.2. The minimum absolute atomic E-state index is 0.374. The summed E-state index contributed by atoms with van der Waals surface area (Å²) in [7, 11) is -8.69. The molecule has 0 radical (unpaired) electrons. The zero-order chi connectivity index (χ0) is 43.9. The number of para-hydroxylation sites is 6. The van der Waals surface area contributed by atoms with Crippen molar-refractivity contribution >= 4 is 24.6 Å². The second kappa shape index (κ2) is 23.0. The van der Waals surface area contributed by atoms with Crippen LogP contribution in [0, 0.1) is 0 Å². The summed E-state index contributed by atoms with van der Waals surface area (Å²) < 4.78 is 38.0. The summed E-state index contributed by atoms with van der Waals surface area (Å²) in [4.78, 5) is 14.2. The molecule has 7 rings (SSSR count). The Bertz CT molecular complexity index is 2380. The van der Waals surface area contributed by atoms with Gasteiger partial charge in [0, 0.05) is 9.21 Å². The van der Waals surface area contributed by atoms with Crippen LogP contribution in [0.5, 0.6) is 34.5 Å². The van der Waals surface area contributed by atoms with Crippen LogP contribution in [0.25, 0.3) is 0 Å². The molecule has 0 fully saturated rings. The van der Waals surface area contributed by atoms with Crippen molar-refractivity contribution in [3.63, 3.8) is 0 Å². The van der Waals surface area contributed by atoms with Gasteiger partial charge in [0.1, 0.15) is 28.7 Å². The molecule has 1 aliphatic rings. The Hall–Kier alpha value is -5.07. The van der Waals surface area contributed by atoms with E-state index in [1.165, 1.54) is 0 Å². The number of benzene rings is 6. The number of hydrogen-bond acceptors (Lipinski definition) is 14. The Morgan fingerprint density at radius 2 is 0.778 bits per heavy atom. The Balaban J connectivity index is 1.56. The van der Waals surface area contributed by atoms with E-state index >= 15 is 0 Å². The third-order valence-electron chi connectivity index (χ3n) is 9.68. The van der Waals surface area contributed by atoms with Crippen LogP contribution in [0.15, 0.2) is 156 Å².